The summed E-state index contributed by atoms with van der Waals surface area (Å²) in [6.07, 6.45) is 0.160. The summed E-state index contributed by atoms with van der Waals surface area (Å²) in [5.74, 6) is 0.610. The summed E-state index contributed by atoms with van der Waals surface area (Å²) in [7, 11) is 0. The SMILES string of the molecule is CC(C)CN1CCOC(CNC(=O)C2CC(O)CN2)C1.Cl.Cl. The molecule has 3 unspecified atom stereocenters. The second-order valence-electron chi connectivity index (χ2n) is 6.24. The van der Waals surface area contributed by atoms with E-state index in [0.717, 1.165) is 26.2 Å². The summed E-state index contributed by atoms with van der Waals surface area (Å²) in [4.78, 5) is 14.3. The first kappa shape index (κ1) is 21.9. The Morgan fingerprint density at radius 1 is 1.45 bits per heavy atom. The van der Waals surface area contributed by atoms with Crippen molar-refractivity contribution in [2.75, 3.05) is 39.3 Å². The number of ether oxygens (including phenoxy) is 1. The molecule has 2 heterocycles. The average molecular weight is 358 g/mol. The van der Waals surface area contributed by atoms with Crippen LogP contribution in [-0.4, -0.2) is 73.5 Å². The van der Waals surface area contributed by atoms with Crippen molar-refractivity contribution in [3.8, 4) is 0 Å². The highest BCUT2D eigenvalue weighted by Gasteiger charge is 2.29. The van der Waals surface area contributed by atoms with Gasteiger partial charge in [-0.2, -0.15) is 0 Å². The quantitative estimate of drug-likeness (QED) is 0.647. The molecule has 132 valence electrons. The monoisotopic (exact) mass is 357 g/mol. The van der Waals surface area contributed by atoms with E-state index in [-0.39, 0.29) is 42.9 Å². The van der Waals surface area contributed by atoms with Gasteiger partial charge in [0.1, 0.15) is 0 Å². The zero-order chi connectivity index (χ0) is 14.5. The molecule has 2 aliphatic heterocycles. The molecule has 8 heteroatoms. The van der Waals surface area contributed by atoms with E-state index in [0.29, 0.717) is 25.4 Å². The summed E-state index contributed by atoms with van der Waals surface area (Å²) < 4.78 is 5.70. The normalized spacial score (nSPS) is 28.8. The predicted molar refractivity (Wildman–Crippen MR) is 90.9 cm³/mol. The van der Waals surface area contributed by atoms with Gasteiger partial charge in [-0.05, 0) is 12.3 Å². The molecule has 1 amide bonds. The fourth-order valence-corrected chi connectivity index (χ4v) is 2.84. The molecule has 2 aliphatic rings. The van der Waals surface area contributed by atoms with Crippen LogP contribution >= 0.6 is 24.8 Å². The van der Waals surface area contributed by atoms with Crippen LogP contribution in [0.15, 0.2) is 0 Å². The Morgan fingerprint density at radius 3 is 2.77 bits per heavy atom. The Labute approximate surface area is 145 Å². The van der Waals surface area contributed by atoms with Crippen LogP contribution in [-0.2, 0) is 9.53 Å². The van der Waals surface area contributed by atoms with E-state index in [1.165, 1.54) is 0 Å². The van der Waals surface area contributed by atoms with Gasteiger partial charge in [-0.15, -0.1) is 24.8 Å². The number of hydrogen-bond acceptors (Lipinski definition) is 5. The molecule has 0 spiro atoms. The maximum absolute atomic E-state index is 11.9. The van der Waals surface area contributed by atoms with Crippen molar-refractivity contribution in [3.05, 3.63) is 0 Å². The van der Waals surface area contributed by atoms with Crippen LogP contribution in [0, 0.1) is 5.92 Å². The van der Waals surface area contributed by atoms with Crippen LogP contribution in [0.2, 0.25) is 0 Å². The van der Waals surface area contributed by atoms with Crippen molar-refractivity contribution in [1.82, 2.24) is 15.5 Å². The second-order valence-corrected chi connectivity index (χ2v) is 6.24. The minimum atomic E-state index is -0.404. The summed E-state index contributed by atoms with van der Waals surface area (Å²) in [6.45, 7) is 9.12. The molecule has 3 N–H and O–H groups in total. The van der Waals surface area contributed by atoms with Crippen molar-refractivity contribution in [2.24, 2.45) is 5.92 Å². The Kier molecular flexibility index (Phi) is 10.6. The van der Waals surface area contributed by atoms with Gasteiger partial charge < -0.3 is 20.5 Å². The van der Waals surface area contributed by atoms with Crippen LogP contribution in [0.1, 0.15) is 20.3 Å². The number of carbonyl (C=O) groups excluding carboxylic acids is 1. The number of carbonyl (C=O) groups is 1. The lowest BCUT2D eigenvalue weighted by Crippen LogP contribution is -2.50. The number of nitrogens with one attached hydrogen (secondary N) is 2. The molecule has 2 saturated heterocycles. The van der Waals surface area contributed by atoms with Gasteiger partial charge in [0.25, 0.3) is 0 Å². The highest BCUT2D eigenvalue weighted by molar-refractivity contribution is 5.85. The van der Waals surface area contributed by atoms with Gasteiger partial charge in [-0.1, -0.05) is 13.8 Å². The predicted octanol–water partition coefficient (Wildman–Crippen LogP) is 0.0258. The number of amides is 1. The van der Waals surface area contributed by atoms with Crippen LogP contribution in [0.3, 0.4) is 0 Å². The van der Waals surface area contributed by atoms with Gasteiger partial charge in [-0.3, -0.25) is 9.69 Å². The zero-order valence-corrected chi connectivity index (χ0v) is 14.9. The number of nitrogens with zero attached hydrogens (tertiary/aromatic N) is 1. The number of morpholine rings is 1. The van der Waals surface area contributed by atoms with Gasteiger partial charge >= 0.3 is 0 Å². The molecule has 0 aromatic carbocycles. The van der Waals surface area contributed by atoms with Gasteiger partial charge in [0, 0.05) is 32.7 Å². The van der Waals surface area contributed by atoms with E-state index in [1.807, 2.05) is 0 Å². The average Bonchev–Trinajstić information content (AvgIpc) is 2.82. The molecular weight excluding hydrogens is 329 g/mol. The topological polar surface area (TPSA) is 73.8 Å². The van der Waals surface area contributed by atoms with Gasteiger partial charge in [0.2, 0.25) is 5.91 Å². The molecule has 0 radical (unpaired) electrons. The van der Waals surface area contributed by atoms with Crippen molar-refractivity contribution in [2.45, 2.75) is 38.5 Å². The molecule has 0 aliphatic carbocycles. The molecule has 0 aromatic rings. The maximum atomic E-state index is 11.9. The van der Waals surface area contributed by atoms with Gasteiger partial charge in [0.05, 0.1) is 24.9 Å². The number of halogens is 2. The smallest absolute Gasteiger partial charge is 0.237 e. The molecule has 0 aromatic heterocycles. The summed E-state index contributed by atoms with van der Waals surface area (Å²) >= 11 is 0. The number of aliphatic hydroxyl groups is 1. The first-order valence-electron chi connectivity index (χ1n) is 7.57. The van der Waals surface area contributed by atoms with Crippen molar-refractivity contribution in [1.29, 1.82) is 0 Å². The third-order valence-corrected chi connectivity index (χ3v) is 3.77. The minimum Gasteiger partial charge on any atom is -0.392 e. The molecule has 2 rings (SSSR count). The minimum absolute atomic E-state index is 0. The third kappa shape index (κ3) is 6.98. The van der Waals surface area contributed by atoms with Gasteiger partial charge in [0.15, 0.2) is 0 Å². The summed E-state index contributed by atoms with van der Waals surface area (Å²) in [5.41, 5.74) is 0. The Bertz CT molecular complexity index is 334. The lowest BCUT2D eigenvalue weighted by Gasteiger charge is -2.34. The number of rotatable bonds is 5. The van der Waals surface area contributed by atoms with Crippen LogP contribution in [0.4, 0.5) is 0 Å². The lowest BCUT2D eigenvalue weighted by molar-refractivity contribution is -0.124. The molecule has 2 fully saturated rings. The molecule has 3 atom stereocenters. The third-order valence-electron chi connectivity index (χ3n) is 3.77. The second kappa shape index (κ2) is 10.6. The summed E-state index contributed by atoms with van der Waals surface area (Å²) in [6, 6.07) is -0.264. The van der Waals surface area contributed by atoms with E-state index in [9.17, 15) is 9.90 Å². The Balaban J connectivity index is 0.00000220. The molecule has 0 bridgehead atoms. The van der Waals surface area contributed by atoms with Gasteiger partial charge in [-0.25, -0.2) is 0 Å². The number of aliphatic hydroxyl groups excluding tert-OH is 1. The first-order valence-corrected chi connectivity index (χ1v) is 7.57. The van der Waals surface area contributed by atoms with Crippen molar-refractivity contribution < 1.29 is 14.6 Å². The van der Waals surface area contributed by atoms with E-state index in [1.54, 1.807) is 0 Å². The van der Waals surface area contributed by atoms with Crippen LogP contribution in [0.25, 0.3) is 0 Å². The molecular formula is C14H29Cl2N3O3. The van der Waals surface area contributed by atoms with Crippen molar-refractivity contribution in [3.63, 3.8) is 0 Å². The highest BCUT2D eigenvalue weighted by Crippen LogP contribution is 2.09. The standard InChI is InChI=1S/C14H27N3O3.2ClH/c1-10(2)8-17-3-4-20-12(9-17)7-16-14(19)13-5-11(18)6-15-13;;/h10-13,15,18H,3-9H2,1-2H3,(H,16,19);2*1H. The number of β-amino-alcohol motifs (C(OH)–C–C–N with tert-alkyl or cyclic N) is 1. The zero-order valence-electron chi connectivity index (χ0n) is 13.3. The van der Waals surface area contributed by atoms with Crippen LogP contribution < -0.4 is 10.6 Å². The maximum Gasteiger partial charge on any atom is 0.237 e. The van der Waals surface area contributed by atoms with E-state index < -0.39 is 6.10 Å². The fraction of sp³-hybridized carbons (Fsp3) is 0.929. The number of hydrogen-bond donors (Lipinski definition) is 3. The Morgan fingerprint density at radius 2 is 2.18 bits per heavy atom. The van der Waals surface area contributed by atoms with E-state index >= 15 is 0 Å². The van der Waals surface area contributed by atoms with Crippen LogP contribution in [0.5, 0.6) is 0 Å². The Hall–Kier alpha value is -0.110. The molecule has 22 heavy (non-hydrogen) atoms. The largest absolute Gasteiger partial charge is 0.392 e. The highest BCUT2D eigenvalue weighted by atomic mass is 35.5. The molecule has 6 nitrogen and oxygen atoms in total. The summed E-state index contributed by atoms with van der Waals surface area (Å²) in [5, 5.41) is 15.4. The van der Waals surface area contributed by atoms with Crippen molar-refractivity contribution >= 4 is 30.7 Å². The first-order chi connectivity index (χ1) is 9.54. The fourth-order valence-electron chi connectivity index (χ4n) is 2.84. The van der Waals surface area contributed by atoms with E-state index in [2.05, 4.69) is 29.4 Å². The van der Waals surface area contributed by atoms with E-state index in [4.69, 9.17) is 4.74 Å². The molecule has 0 saturated carbocycles. The lowest BCUT2D eigenvalue weighted by atomic mass is 10.1.